The molecule has 1 N–H and O–H groups in total. The SMILES string of the molecule is Cc1ccccc1-n1c(SCC(=O)Nc2ccc(Cl)c([N+](=O)[O-])c2)nnc1-c1cccnc1. The molecular formula is C22H17ClN6O3S. The van der Waals surface area contributed by atoms with E-state index in [9.17, 15) is 14.9 Å². The highest BCUT2D eigenvalue weighted by Gasteiger charge is 2.19. The molecule has 0 saturated carbocycles. The van der Waals surface area contributed by atoms with Gasteiger partial charge in [0.2, 0.25) is 5.91 Å². The molecule has 0 atom stereocenters. The number of carbonyl (C=O) groups is 1. The molecule has 4 aromatic rings. The highest BCUT2D eigenvalue weighted by molar-refractivity contribution is 7.99. The lowest BCUT2D eigenvalue weighted by atomic mass is 10.2. The van der Waals surface area contributed by atoms with Crippen LogP contribution in [-0.4, -0.2) is 36.3 Å². The first kappa shape index (κ1) is 22.4. The van der Waals surface area contributed by atoms with Crippen molar-refractivity contribution in [2.24, 2.45) is 0 Å². The van der Waals surface area contributed by atoms with E-state index >= 15 is 0 Å². The second-order valence-corrected chi connectivity index (χ2v) is 8.28. The Morgan fingerprint density at radius 2 is 2.00 bits per heavy atom. The fourth-order valence-corrected chi connectivity index (χ4v) is 4.07. The predicted molar refractivity (Wildman–Crippen MR) is 127 cm³/mol. The first-order valence-electron chi connectivity index (χ1n) is 9.72. The third-order valence-electron chi connectivity index (χ3n) is 4.67. The van der Waals surface area contributed by atoms with Gasteiger partial charge in [0.25, 0.3) is 5.69 Å². The maximum atomic E-state index is 12.5. The van der Waals surface area contributed by atoms with Gasteiger partial charge in [-0.05, 0) is 42.8 Å². The van der Waals surface area contributed by atoms with Crippen LogP contribution in [0, 0.1) is 17.0 Å². The van der Waals surface area contributed by atoms with E-state index in [-0.39, 0.29) is 28.1 Å². The Hall–Kier alpha value is -3.76. The summed E-state index contributed by atoms with van der Waals surface area (Å²) in [4.78, 5) is 27.2. The molecule has 0 spiro atoms. The van der Waals surface area contributed by atoms with E-state index in [1.54, 1.807) is 12.4 Å². The van der Waals surface area contributed by atoms with Gasteiger partial charge in [-0.1, -0.05) is 41.6 Å². The minimum atomic E-state index is -0.600. The van der Waals surface area contributed by atoms with Crippen LogP contribution in [0.1, 0.15) is 5.56 Å². The Kier molecular flexibility index (Phi) is 6.66. The summed E-state index contributed by atoms with van der Waals surface area (Å²) in [7, 11) is 0. The van der Waals surface area contributed by atoms with Crippen LogP contribution in [0.3, 0.4) is 0 Å². The van der Waals surface area contributed by atoms with Crippen molar-refractivity contribution in [3.63, 3.8) is 0 Å². The maximum absolute atomic E-state index is 12.5. The fraction of sp³-hybridized carbons (Fsp3) is 0.0909. The lowest BCUT2D eigenvalue weighted by molar-refractivity contribution is -0.384. The molecule has 0 unspecified atom stereocenters. The van der Waals surface area contributed by atoms with Gasteiger partial charge in [0.15, 0.2) is 11.0 Å². The number of amides is 1. The van der Waals surface area contributed by atoms with E-state index in [1.165, 1.54) is 30.0 Å². The molecule has 33 heavy (non-hydrogen) atoms. The van der Waals surface area contributed by atoms with E-state index in [4.69, 9.17) is 11.6 Å². The second-order valence-electron chi connectivity index (χ2n) is 6.93. The number of nitro groups is 1. The summed E-state index contributed by atoms with van der Waals surface area (Å²) in [6.45, 7) is 1.98. The van der Waals surface area contributed by atoms with E-state index in [1.807, 2.05) is 47.9 Å². The number of carbonyl (C=O) groups excluding carboxylic acids is 1. The van der Waals surface area contributed by atoms with Gasteiger partial charge in [-0.25, -0.2) is 0 Å². The summed E-state index contributed by atoms with van der Waals surface area (Å²) in [5.74, 6) is 0.278. The van der Waals surface area contributed by atoms with E-state index in [2.05, 4.69) is 20.5 Å². The standard InChI is InChI=1S/C22H17ClN6O3S/c1-14-5-2-3-7-18(14)28-21(15-6-4-10-24-12-15)26-27-22(28)33-13-20(30)25-16-8-9-17(23)19(11-16)29(31)32/h2-12H,13H2,1H3,(H,25,30). The molecule has 0 fully saturated rings. The molecule has 0 aliphatic carbocycles. The summed E-state index contributed by atoms with van der Waals surface area (Å²) >= 11 is 7.03. The first-order valence-corrected chi connectivity index (χ1v) is 11.1. The minimum absolute atomic E-state index is 0.00152. The Balaban J connectivity index is 1.58. The van der Waals surface area contributed by atoms with Crippen molar-refractivity contribution in [3.05, 3.63) is 87.7 Å². The maximum Gasteiger partial charge on any atom is 0.289 e. The Morgan fingerprint density at radius 1 is 1.18 bits per heavy atom. The number of rotatable bonds is 7. The van der Waals surface area contributed by atoms with Crippen molar-refractivity contribution in [3.8, 4) is 17.1 Å². The fourth-order valence-electron chi connectivity index (χ4n) is 3.13. The lowest BCUT2D eigenvalue weighted by Crippen LogP contribution is -2.15. The van der Waals surface area contributed by atoms with E-state index < -0.39 is 4.92 Å². The molecule has 9 nitrogen and oxygen atoms in total. The van der Waals surface area contributed by atoms with Crippen LogP contribution >= 0.6 is 23.4 Å². The molecular weight excluding hydrogens is 464 g/mol. The summed E-state index contributed by atoms with van der Waals surface area (Å²) in [6.07, 6.45) is 3.38. The zero-order valence-electron chi connectivity index (χ0n) is 17.3. The van der Waals surface area contributed by atoms with Gasteiger partial charge >= 0.3 is 0 Å². The molecule has 0 aliphatic heterocycles. The minimum Gasteiger partial charge on any atom is -0.325 e. The quantitative estimate of drug-likeness (QED) is 0.226. The van der Waals surface area contributed by atoms with Gasteiger partial charge in [-0.2, -0.15) is 0 Å². The highest BCUT2D eigenvalue weighted by Crippen LogP contribution is 2.30. The summed E-state index contributed by atoms with van der Waals surface area (Å²) < 4.78 is 1.89. The van der Waals surface area contributed by atoms with Gasteiger partial charge in [0.05, 0.1) is 16.4 Å². The molecule has 2 heterocycles. The molecule has 11 heteroatoms. The largest absolute Gasteiger partial charge is 0.325 e. The van der Waals surface area contributed by atoms with Gasteiger partial charge in [0.1, 0.15) is 5.02 Å². The number of aryl methyl sites for hydroxylation is 1. The zero-order chi connectivity index (χ0) is 23.4. The Morgan fingerprint density at radius 3 is 2.73 bits per heavy atom. The molecule has 0 radical (unpaired) electrons. The van der Waals surface area contributed by atoms with Gasteiger partial charge in [0, 0.05) is 29.7 Å². The molecule has 4 rings (SSSR count). The Labute approximate surface area is 198 Å². The van der Waals surface area contributed by atoms with Crippen LogP contribution in [-0.2, 0) is 4.79 Å². The number of hydrogen-bond donors (Lipinski definition) is 1. The number of anilines is 1. The normalized spacial score (nSPS) is 10.7. The van der Waals surface area contributed by atoms with Gasteiger partial charge < -0.3 is 5.32 Å². The number of benzene rings is 2. The Bertz CT molecular complexity index is 1330. The molecule has 166 valence electrons. The van der Waals surface area contributed by atoms with Crippen molar-refractivity contribution in [2.75, 3.05) is 11.1 Å². The number of thioether (sulfide) groups is 1. The van der Waals surface area contributed by atoms with Crippen molar-refractivity contribution in [2.45, 2.75) is 12.1 Å². The van der Waals surface area contributed by atoms with Crippen LogP contribution < -0.4 is 5.32 Å². The van der Waals surface area contributed by atoms with Crippen molar-refractivity contribution >= 4 is 40.6 Å². The molecule has 2 aromatic carbocycles. The average Bonchev–Trinajstić information content (AvgIpc) is 3.23. The first-order chi connectivity index (χ1) is 15.9. The van der Waals surface area contributed by atoms with Crippen molar-refractivity contribution in [1.82, 2.24) is 19.7 Å². The van der Waals surface area contributed by atoms with Crippen LogP contribution in [0.4, 0.5) is 11.4 Å². The summed E-state index contributed by atoms with van der Waals surface area (Å²) in [5.41, 5.74) is 2.70. The molecule has 0 aliphatic rings. The number of nitrogens with zero attached hydrogens (tertiary/aromatic N) is 5. The van der Waals surface area contributed by atoms with E-state index in [0.29, 0.717) is 11.0 Å². The van der Waals surface area contributed by atoms with Gasteiger partial charge in [-0.3, -0.25) is 24.5 Å². The molecule has 0 bridgehead atoms. The summed E-state index contributed by atoms with van der Waals surface area (Å²) in [6, 6.07) is 15.6. The van der Waals surface area contributed by atoms with Crippen LogP contribution in [0.25, 0.3) is 17.1 Å². The zero-order valence-corrected chi connectivity index (χ0v) is 18.9. The number of nitrogens with one attached hydrogen (secondary N) is 1. The lowest BCUT2D eigenvalue weighted by Gasteiger charge is -2.12. The van der Waals surface area contributed by atoms with Crippen LogP contribution in [0.15, 0.2) is 72.1 Å². The summed E-state index contributed by atoms with van der Waals surface area (Å²) in [5, 5.41) is 22.9. The topological polar surface area (TPSA) is 116 Å². The third kappa shape index (κ3) is 5.02. The monoisotopic (exact) mass is 480 g/mol. The number of para-hydroxylation sites is 1. The number of hydrogen-bond acceptors (Lipinski definition) is 7. The number of nitro benzene ring substituents is 1. The number of aromatic nitrogens is 4. The van der Waals surface area contributed by atoms with Crippen molar-refractivity contribution < 1.29 is 9.72 Å². The van der Waals surface area contributed by atoms with E-state index in [0.717, 1.165) is 16.8 Å². The molecule has 1 amide bonds. The molecule has 2 aromatic heterocycles. The van der Waals surface area contributed by atoms with Gasteiger partial charge in [-0.15, -0.1) is 10.2 Å². The molecule has 0 saturated heterocycles. The average molecular weight is 481 g/mol. The van der Waals surface area contributed by atoms with Crippen LogP contribution in [0.5, 0.6) is 0 Å². The third-order valence-corrected chi connectivity index (χ3v) is 5.92. The van der Waals surface area contributed by atoms with Crippen molar-refractivity contribution in [1.29, 1.82) is 0 Å². The number of pyridine rings is 1. The predicted octanol–water partition coefficient (Wildman–Crippen LogP) is 4.93. The highest BCUT2D eigenvalue weighted by atomic mass is 35.5. The second kappa shape index (κ2) is 9.80. The van der Waals surface area contributed by atoms with Crippen LogP contribution in [0.2, 0.25) is 5.02 Å². The number of halogens is 1. The smallest absolute Gasteiger partial charge is 0.289 e.